The average Bonchev–Trinajstić information content (AvgIpc) is 3.17. The molecule has 1 atom stereocenters. The third kappa shape index (κ3) is 5.83. The number of nitrogens with zero attached hydrogens (tertiary/aromatic N) is 3. The molecule has 164 valence electrons. The fourth-order valence-corrected chi connectivity index (χ4v) is 3.90. The Morgan fingerprint density at radius 3 is 2.73 bits per heavy atom. The van der Waals surface area contributed by atoms with Gasteiger partial charge in [0.1, 0.15) is 5.76 Å². The molecule has 3 rings (SSSR count). The molecule has 2 heterocycles. The first-order valence-corrected chi connectivity index (χ1v) is 11.1. The van der Waals surface area contributed by atoms with Gasteiger partial charge in [0.25, 0.3) is 0 Å². The van der Waals surface area contributed by atoms with Crippen molar-refractivity contribution in [1.29, 1.82) is 0 Å². The molecule has 0 bridgehead atoms. The van der Waals surface area contributed by atoms with E-state index in [9.17, 15) is 5.11 Å². The van der Waals surface area contributed by atoms with Gasteiger partial charge in [-0.25, -0.2) is 4.99 Å². The van der Waals surface area contributed by atoms with E-state index < -0.39 is 6.10 Å². The van der Waals surface area contributed by atoms with Gasteiger partial charge >= 0.3 is 0 Å². The third-order valence-electron chi connectivity index (χ3n) is 5.53. The molecule has 0 radical (unpaired) electrons. The third-order valence-corrected chi connectivity index (χ3v) is 5.53. The van der Waals surface area contributed by atoms with E-state index in [4.69, 9.17) is 9.52 Å². The number of β-amino-alcohol motifs (C(OH)–C–C–N with tert-alkyl or cyclic N) is 1. The Kier molecular flexibility index (Phi) is 8.28. The van der Waals surface area contributed by atoms with Crippen molar-refractivity contribution < 1.29 is 9.63 Å². The first kappa shape index (κ1) is 22.3. The van der Waals surface area contributed by atoms with Crippen LogP contribution in [0.25, 0.3) is 0 Å². The molecule has 7 heteroatoms. The second-order valence-corrected chi connectivity index (χ2v) is 7.72. The summed E-state index contributed by atoms with van der Waals surface area (Å²) in [5.41, 5.74) is 4.84. The standard InChI is InChI=1S/C23H35N5O2/c1-4-21-20(22(5-2)30-27-21)14-26-23(24-6-3)25-13-19(29)16-28-12-11-17-9-7-8-10-18(17)15-28/h7-10,19,29H,4-6,11-16H2,1-3H3,(H2,24,25,26). The number of nitrogens with one attached hydrogen (secondary N) is 2. The second-order valence-electron chi connectivity index (χ2n) is 7.72. The van der Waals surface area contributed by atoms with E-state index in [1.807, 2.05) is 6.92 Å². The van der Waals surface area contributed by atoms with Gasteiger partial charge in [0, 0.05) is 44.7 Å². The quantitative estimate of drug-likeness (QED) is 0.432. The van der Waals surface area contributed by atoms with Gasteiger partial charge in [-0.1, -0.05) is 43.3 Å². The summed E-state index contributed by atoms with van der Waals surface area (Å²) >= 11 is 0. The van der Waals surface area contributed by atoms with Crippen LogP contribution in [0, 0.1) is 0 Å². The van der Waals surface area contributed by atoms with Gasteiger partial charge in [0.15, 0.2) is 5.96 Å². The molecule has 30 heavy (non-hydrogen) atoms. The molecule has 1 unspecified atom stereocenters. The molecule has 0 fully saturated rings. The lowest BCUT2D eigenvalue weighted by Gasteiger charge is -2.30. The molecule has 0 aliphatic carbocycles. The van der Waals surface area contributed by atoms with E-state index in [1.165, 1.54) is 11.1 Å². The zero-order chi connectivity index (χ0) is 21.3. The Morgan fingerprint density at radius 1 is 1.20 bits per heavy atom. The normalized spacial score (nSPS) is 15.7. The van der Waals surface area contributed by atoms with E-state index in [-0.39, 0.29) is 0 Å². The van der Waals surface area contributed by atoms with Gasteiger partial charge in [-0.3, -0.25) is 4.90 Å². The average molecular weight is 414 g/mol. The molecule has 1 aliphatic rings. The van der Waals surface area contributed by atoms with E-state index in [0.717, 1.165) is 55.9 Å². The van der Waals surface area contributed by atoms with Crippen LogP contribution in [0.3, 0.4) is 0 Å². The van der Waals surface area contributed by atoms with E-state index in [2.05, 4.69) is 58.8 Å². The Morgan fingerprint density at radius 2 is 2.00 bits per heavy atom. The van der Waals surface area contributed by atoms with Gasteiger partial charge in [0.05, 0.1) is 18.3 Å². The number of aryl methyl sites for hydroxylation is 2. The minimum absolute atomic E-state index is 0.453. The second kappa shape index (κ2) is 11.1. The number of aliphatic hydroxyl groups is 1. The number of rotatable bonds is 9. The summed E-state index contributed by atoms with van der Waals surface area (Å²) < 4.78 is 5.43. The van der Waals surface area contributed by atoms with Crippen molar-refractivity contribution in [3.8, 4) is 0 Å². The number of fused-ring (bicyclic) bond motifs is 1. The monoisotopic (exact) mass is 413 g/mol. The Labute approximate surface area is 179 Å². The Hall–Kier alpha value is -2.38. The summed E-state index contributed by atoms with van der Waals surface area (Å²) in [6.45, 7) is 10.4. The Bertz CT molecular complexity index is 811. The van der Waals surface area contributed by atoms with Crippen molar-refractivity contribution in [3.63, 3.8) is 0 Å². The van der Waals surface area contributed by atoms with Crippen LogP contribution in [0.2, 0.25) is 0 Å². The predicted octanol–water partition coefficient (Wildman–Crippen LogP) is 2.27. The molecule has 0 saturated carbocycles. The van der Waals surface area contributed by atoms with Crippen molar-refractivity contribution in [1.82, 2.24) is 20.7 Å². The molecule has 7 nitrogen and oxygen atoms in total. The molecule has 0 amide bonds. The molecule has 3 N–H and O–H groups in total. The van der Waals surface area contributed by atoms with Gasteiger partial charge < -0.3 is 20.3 Å². The lowest BCUT2D eigenvalue weighted by Crippen LogP contribution is -2.45. The highest BCUT2D eigenvalue weighted by molar-refractivity contribution is 5.79. The number of hydrogen-bond acceptors (Lipinski definition) is 5. The molecule has 1 aromatic heterocycles. The van der Waals surface area contributed by atoms with Crippen molar-refractivity contribution >= 4 is 5.96 Å². The Balaban J connectivity index is 1.53. The lowest BCUT2D eigenvalue weighted by molar-refractivity contribution is 0.108. The van der Waals surface area contributed by atoms with Crippen LogP contribution in [-0.2, 0) is 32.4 Å². The number of benzene rings is 1. The van der Waals surface area contributed by atoms with E-state index >= 15 is 0 Å². The molecular formula is C23H35N5O2. The first-order chi connectivity index (χ1) is 14.6. The summed E-state index contributed by atoms with van der Waals surface area (Å²) in [6.07, 6.45) is 2.21. The minimum atomic E-state index is -0.466. The van der Waals surface area contributed by atoms with Crippen LogP contribution in [0.1, 0.15) is 48.9 Å². The maximum atomic E-state index is 10.6. The predicted molar refractivity (Wildman–Crippen MR) is 120 cm³/mol. The zero-order valence-electron chi connectivity index (χ0n) is 18.4. The maximum Gasteiger partial charge on any atom is 0.191 e. The van der Waals surface area contributed by atoms with Crippen LogP contribution < -0.4 is 10.6 Å². The molecule has 0 spiro atoms. The van der Waals surface area contributed by atoms with Gasteiger partial charge in [-0.2, -0.15) is 0 Å². The molecule has 1 aliphatic heterocycles. The van der Waals surface area contributed by atoms with Crippen molar-refractivity contribution in [2.45, 2.75) is 59.2 Å². The van der Waals surface area contributed by atoms with E-state index in [0.29, 0.717) is 25.6 Å². The summed E-state index contributed by atoms with van der Waals surface area (Å²) in [6, 6.07) is 8.57. The van der Waals surface area contributed by atoms with Gasteiger partial charge in [-0.15, -0.1) is 0 Å². The number of aromatic nitrogens is 1. The highest BCUT2D eigenvalue weighted by atomic mass is 16.5. The number of guanidine groups is 1. The topological polar surface area (TPSA) is 85.9 Å². The maximum absolute atomic E-state index is 10.6. The van der Waals surface area contributed by atoms with E-state index in [1.54, 1.807) is 0 Å². The smallest absolute Gasteiger partial charge is 0.191 e. The summed E-state index contributed by atoms with van der Waals surface area (Å²) in [5.74, 6) is 1.60. The minimum Gasteiger partial charge on any atom is -0.390 e. The zero-order valence-corrected chi connectivity index (χ0v) is 18.4. The van der Waals surface area contributed by atoms with Crippen LogP contribution in [0.15, 0.2) is 33.8 Å². The van der Waals surface area contributed by atoms with Crippen molar-refractivity contribution in [3.05, 3.63) is 52.4 Å². The summed E-state index contributed by atoms with van der Waals surface area (Å²) in [4.78, 5) is 7.01. The highest BCUT2D eigenvalue weighted by Gasteiger charge is 2.19. The lowest BCUT2D eigenvalue weighted by atomic mass is 10.00. The van der Waals surface area contributed by atoms with Crippen LogP contribution >= 0.6 is 0 Å². The van der Waals surface area contributed by atoms with Gasteiger partial charge in [-0.05, 0) is 30.9 Å². The highest BCUT2D eigenvalue weighted by Crippen LogP contribution is 2.18. The van der Waals surface area contributed by atoms with Crippen molar-refractivity contribution in [2.75, 3.05) is 26.2 Å². The SMILES string of the molecule is CCNC(=NCc1c(CC)noc1CC)NCC(O)CN1CCc2ccccc2C1. The van der Waals surface area contributed by atoms with Crippen LogP contribution in [0.5, 0.6) is 0 Å². The number of aliphatic imine (C=N–C) groups is 1. The molecule has 2 aromatic rings. The number of hydrogen-bond donors (Lipinski definition) is 3. The largest absolute Gasteiger partial charge is 0.390 e. The van der Waals surface area contributed by atoms with Crippen LogP contribution in [0.4, 0.5) is 0 Å². The molecular weight excluding hydrogens is 378 g/mol. The summed E-state index contributed by atoms with van der Waals surface area (Å²) in [5, 5.41) is 21.3. The van der Waals surface area contributed by atoms with Crippen LogP contribution in [-0.4, -0.2) is 53.4 Å². The fourth-order valence-electron chi connectivity index (χ4n) is 3.90. The molecule has 0 saturated heterocycles. The fraction of sp³-hybridized carbons (Fsp3) is 0.565. The summed E-state index contributed by atoms with van der Waals surface area (Å²) in [7, 11) is 0. The number of aliphatic hydroxyl groups excluding tert-OH is 1. The van der Waals surface area contributed by atoms with Gasteiger partial charge in [0.2, 0.25) is 0 Å². The van der Waals surface area contributed by atoms with Crippen molar-refractivity contribution in [2.24, 2.45) is 4.99 Å². The first-order valence-electron chi connectivity index (χ1n) is 11.1. The molecule has 1 aromatic carbocycles.